The van der Waals surface area contributed by atoms with Crippen LogP contribution < -0.4 is 11.1 Å². The Bertz CT molecular complexity index is 398. The molecule has 0 aromatic heterocycles. The standard InChI is InChI=1S/C17H30N4/c1-3-15(20-16(12-18)14-8-6-9-14)11-17(19)21-10-5-4-7-13(21)2/h3,11,13-14,16,19-20H,1,4-10,12,18H2,2H3/b15-11-,19-17?. The van der Waals surface area contributed by atoms with Gasteiger partial charge in [0.15, 0.2) is 0 Å². The van der Waals surface area contributed by atoms with Gasteiger partial charge < -0.3 is 16.0 Å². The fraction of sp³-hybridized carbons (Fsp3) is 0.706. The minimum absolute atomic E-state index is 0.314. The van der Waals surface area contributed by atoms with Crippen molar-refractivity contribution in [2.75, 3.05) is 13.1 Å². The third kappa shape index (κ3) is 4.10. The summed E-state index contributed by atoms with van der Waals surface area (Å²) in [7, 11) is 0. The minimum Gasteiger partial charge on any atom is -0.381 e. The van der Waals surface area contributed by atoms with E-state index < -0.39 is 0 Å². The van der Waals surface area contributed by atoms with Crippen molar-refractivity contribution in [3.05, 3.63) is 24.4 Å². The second-order valence-electron chi connectivity index (χ2n) is 6.40. The topological polar surface area (TPSA) is 65.1 Å². The SMILES string of the molecule is C=C/C(=C/C(=N)N1CCCCC1C)NC(CN)C1CCC1. The van der Waals surface area contributed by atoms with E-state index in [1.807, 2.05) is 12.2 Å². The van der Waals surface area contributed by atoms with Gasteiger partial charge >= 0.3 is 0 Å². The fourth-order valence-corrected chi connectivity index (χ4v) is 3.27. The van der Waals surface area contributed by atoms with Gasteiger partial charge in [0, 0.05) is 36.9 Å². The number of hydrogen-bond acceptors (Lipinski definition) is 3. The van der Waals surface area contributed by atoms with E-state index in [9.17, 15) is 0 Å². The predicted molar refractivity (Wildman–Crippen MR) is 89.3 cm³/mol. The summed E-state index contributed by atoms with van der Waals surface area (Å²) in [4.78, 5) is 2.19. The summed E-state index contributed by atoms with van der Waals surface area (Å²) in [5, 5.41) is 11.8. The average molecular weight is 290 g/mol. The first kappa shape index (κ1) is 16.1. The number of likely N-dealkylation sites (tertiary alicyclic amines) is 1. The van der Waals surface area contributed by atoms with Crippen LogP contribution in [0.3, 0.4) is 0 Å². The molecule has 1 aliphatic heterocycles. The Balaban J connectivity index is 1.97. The van der Waals surface area contributed by atoms with Crippen molar-refractivity contribution in [3.8, 4) is 0 Å². The maximum absolute atomic E-state index is 8.35. The van der Waals surface area contributed by atoms with E-state index in [0.717, 1.165) is 12.2 Å². The molecule has 0 radical (unpaired) electrons. The van der Waals surface area contributed by atoms with Gasteiger partial charge in [-0.3, -0.25) is 5.41 Å². The molecule has 4 nitrogen and oxygen atoms in total. The van der Waals surface area contributed by atoms with Gasteiger partial charge in [-0.1, -0.05) is 13.0 Å². The highest BCUT2D eigenvalue weighted by atomic mass is 15.2. The Morgan fingerprint density at radius 2 is 2.14 bits per heavy atom. The van der Waals surface area contributed by atoms with Crippen LogP contribution in [0.15, 0.2) is 24.4 Å². The molecule has 0 amide bonds. The first-order valence-corrected chi connectivity index (χ1v) is 8.31. The van der Waals surface area contributed by atoms with E-state index in [-0.39, 0.29) is 0 Å². The lowest BCUT2D eigenvalue weighted by Gasteiger charge is -2.36. The van der Waals surface area contributed by atoms with Crippen molar-refractivity contribution in [1.82, 2.24) is 10.2 Å². The first-order chi connectivity index (χ1) is 10.2. The van der Waals surface area contributed by atoms with Crippen molar-refractivity contribution in [2.45, 2.75) is 57.5 Å². The Hall–Kier alpha value is -1.29. The number of piperidine rings is 1. The largest absolute Gasteiger partial charge is 0.381 e. The molecule has 0 bridgehead atoms. The molecule has 0 aromatic rings. The van der Waals surface area contributed by atoms with Gasteiger partial charge in [0.1, 0.15) is 5.84 Å². The molecule has 118 valence electrons. The molecular weight excluding hydrogens is 260 g/mol. The Morgan fingerprint density at radius 3 is 2.67 bits per heavy atom. The van der Waals surface area contributed by atoms with Crippen LogP contribution in [0.2, 0.25) is 0 Å². The van der Waals surface area contributed by atoms with Gasteiger partial charge in [-0.25, -0.2) is 0 Å². The van der Waals surface area contributed by atoms with E-state index in [4.69, 9.17) is 11.1 Å². The predicted octanol–water partition coefficient (Wildman–Crippen LogP) is 2.62. The first-order valence-electron chi connectivity index (χ1n) is 8.31. The van der Waals surface area contributed by atoms with Crippen LogP contribution in [0, 0.1) is 11.3 Å². The molecule has 1 saturated carbocycles. The van der Waals surface area contributed by atoms with Gasteiger partial charge in [0.05, 0.1) is 0 Å². The maximum atomic E-state index is 8.35. The third-order valence-electron chi connectivity index (χ3n) is 4.95. The maximum Gasteiger partial charge on any atom is 0.122 e. The molecule has 0 spiro atoms. The zero-order valence-corrected chi connectivity index (χ0v) is 13.3. The van der Waals surface area contributed by atoms with E-state index in [1.165, 1.54) is 38.5 Å². The van der Waals surface area contributed by atoms with E-state index in [0.29, 0.717) is 30.4 Å². The molecule has 2 atom stereocenters. The highest BCUT2D eigenvalue weighted by molar-refractivity contribution is 5.91. The summed E-state index contributed by atoms with van der Waals surface area (Å²) >= 11 is 0. The van der Waals surface area contributed by atoms with Crippen molar-refractivity contribution in [3.63, 3.8) is 0 Å². The van der Waals surface area contributed by atoms with Gasteiger partial charge in [-0.2, -0.15) is 0 Å². The van der Waals surface area contributed by atoms with Crippen LogP contribution in [-0.4, -0.2) is 35.9 Å². The van der Waals surface area contributed by atoms with E-state index in [2.05, 4.69) is 23.7 Å². The summed E-state index contributed by atoms with van der Waals surface area (Å²) < 4.78 is 0. The molecular formula is C17H30N4. The summed E-state index contributed by atoms with van der Waals surface area (Å²) in [5.74, 6) is 1.27. The van der Waals surface area contributed by atoms with Crippen molar-refractivity contribution >= 4 is 5.84 Å². The molecule has 2 unspecified atom stereocenters. The lowest BCUT2D eigenvalue weighted by Crippen LogP contribution is -2.45. The third-order valence-corrected chi connectivity index (χ3v) is 4.95. The lowest BCUT2D eigenvalue weighted by molar-refractivity contribution is 0.243. The highest BCUT2D eigenvalue weighted by Crippen LogP contribution is 2.29. The number of nitrogens with two attached hydrogens (primary N) is 1. The Labute approximate surface area is 129 Å². The van der Waals surface area contributed by atoms with Crippen molar-refractivity contribution < 1.29 is 0 Å². The van der Waals surface area contributed by atoms with Crippen LogP contribution in [0.4, 0.5) is 0 Å². The summed E-state index contributed by atoms with van der Waals surface area (Å²) in [5.41, 5.74) is 6.82. The normalized spacial score (nSPS) is 25.1. The summed E-state index contributed by atoms with van der Waals surface area (Å²) in [6, 6.07) is 0.778. The van der Waals surface area contributed by atoms with Crippen LogP contribution in [-0.2, 0) is 0 Å². The highest BCUT2D eigenvalue weighted by Gasteiger charge is 2.26. The van der Waals surface area contributed by atoms with Gasteiger partial charge in [0.2, 0.25) is 0 Å². The average Bonchev–Trinajstić information content (AvgIpc) is 2.43. The van der Waals surface area contributed by atoms with Gasteiger partial charge in [0.25, 0.3) is 0 Å². The monoisotopic (exact) mass is 290 g/mol. The van der Waals surface area contributed by atoms with Crippen LogP contribution in [0.5, 0.6) is 0 Å². The Morgan fingerprint density at radius 1 is 1.38 bits per heavy atom. The number of nitrogens with zero attached hydrogens (tertiary/aromatic N) is 1. The molecule has 2 fully saturated rings. The van der Waals surface area contributed by atoms with Crippen LogP contribution in [0.25, 0.3) is 0 Å². The molecule has 21 heavy (non-hydrogen) atoms. The van der Waals surface area contributed by atoms with Crippen LogP contribution in [0.1, 0.15) is 45.4 Å². The smallest absolute Gasteiger partial charge is 0.122 e. The molecule has 1 saturated heterocycles. The van der Waals surface area contributed by atoms with Crippen LogP contribution >= 0.6 is 0 Å². The van der Waals surface area contributed by atoms with Gasteiger partial charge in [-0.05, 0) is 51.0 Å². The van der Waals surface area contributed by atoms with Crippen molar-refractivity contribution in [1.29, 1.82) is 5.41 Å². The molecule has 4 heteroatoms. The molecule has 0 aromatic carbocycles. The minimum atomic E-state index is 0.314. The second-order valence-corrected chi connectivity index (χ2v) is 6.40. The summed E-state index contributed by atoms with van der Waals surface area (Å²) in [6.07, 6.45) is 11.2. The fourth-order valence-electron chi connectivity index (χ4n) is 3.27. The van der Waals surface area contributed by atoms with E-state index in [1.54, 1.807) is 0 Å². The van der Waals surface area contributed by atoms with Gasteiger partial charge in [-0.15, -0.1) is 0 Å². The van der Waals surface area contributed by atoms with E-state index >= 15 is 0 Å². The van der Waals surface area contributed by atoms with Crippen molar-refractivity contribution in [2.24, 2.45) is 11.7 Å². The number of amidine groups is 1. The number of nitrogens with one attached hydrogen (secondary N) is 2. The molecule has 1 aliphatic carbocycles. The lowest BCUT2D eigenvalue weighted by atomic mass is 9.79. The number of rotatable bonds is 6. The zero-order chi connectivity index (χ0) is 15.2. The Kier molecular flexibility index (Phi) is 5.85. The molecule has 4 N–H and O–H groups in total. The quantitative estimate of drug-likeness (QED) is 0.400. The second kappa shape index (κ2) is 7.64. The molecule has 2 aliphatic rings. The zero-order valence-electron chi connectivity index (χ0n) is 13.3. The molecule has 2 rings (SSSR count). The number of allylic oxidation sites excluding steroid dienone is 1. The molecule has 1 heterocycles. The number of hydrogen-bond donors (Lipinski definition) is 3. The summed E-state index contributed by atoms with van der Waals surface area (Å²) in [6.45, 7) is 7.72.